The molecule has 2 amide bonds. The van der Waals surface area contributed by atoms with Crippen molar-refractivity contribution in [2.24, 2.45) is 5.73 Å². The molecule has 0 radical (unpaired) electrons. The first kappa shape index (κ1) is 25.0. The highest BCUT2D eigenvalue weighted by molar-refractivity contribution is 6.09. The smallest absolute Gasteiger partial charge is 0.277 e. The Morgan fingerprint density at radius 3 is 2.30 bits per heavy atom. The predicted octanol–water partition coefficient (Wildman–Crippen LogP) is 3.95. The lowest BCUT2D eigenvalue weighted by Gasteiger charge is -2.32. The standard InChI is InChI=1S/C29H35N5O3/c1-32(2)19-17-29(15-4-5-16-29)20-6-8-21(9-7-20)33-18-14-24-25(27(30)35)31-34(26(24)28(33)36)22-10-12-23(37-3)13-11-22/h6-13H,4-5,14-19H2,1-3H3,(H2,30,35). The summed E-state index contributed by atoms with van der Waals surface area (Å²) in [5, 5.41) is 4.46. The summed E-state index contributed by atoms with van der Waals surface area (Å²) in [6, 6.07) is 15.8. The van der Waals surface area contributed by atoms with Crippen LogP contribution in [0.1, 0.15) is 64.2 Å². The van der Waals surface area contributed by atoms with Crippen molar-refractivity contribution in [2.45, 2.75) is 43.9 Å². The fourth-order valence-corrected chi connectivity index (χ4v) is 5.88. The van der Waals surface area contributed by atoms with Crippen LogP contribution in [0.25, 0.3) is 5.69 Å². The lowest BCUT2D eigenvalue weighted by molar-refractivity contribution is 0.0972. The number of primary amides is 1. The summed E-state index contributed by atoms with van der Waals surface area (Å²) >= 11 is 0. The van der Waals surface area contributed by atoms with Crippen LogP contribution in [0.4, 0.5) is 5.69 Å². The minimum Gasteiger partial charge on any atom is -0.497 e. The summed E-state index contributed by atoms with van der Waals surface area (Å²) in [7, 11) is 5.85. The zero-order valence-electron chi connectivity index (χ0n) is 21.9. The van der Waals surface area contributed by atoms with E-state index in [0.717, 1.165) is 18.7 Å². The third kappa shape index (κ3) is 4.62. The number of fused-ring (bicyclic) bond motifs is 1. The highest BCUT2D eigenvalue weighted by Crippen LogP contribution is 2.44. The van der Waals surface area contributed by atoms with Crippen LogP contribution in [0.15, 0.2) is 48.5 Å². The first-order valence-electron chi connectivity index (χ1n) is 13.0. The molecule has 0 unspecified atom stereocenters. The molecular weight excluding hydrogens is 466 g/mol. The molecule has 5 rings (SSSR count). The molecule has 1 aliphatic carbocycles. The molecule has 0 saturated heterocycles. The Bertz CT molecular complexity index is 1290. The lowest BCUT2D eigenvalue weighted by atomic mass is 9.76. The molecule has 0 spiro atoms. The summed E-state index contributed by atoms with van der Waals surface area (Å²) < 4.78 is 6.79. The van der Waals surface area contributed by atoms with Crippen molar-refractivity contribution in [2.75, 3.05) is 39.2 Å². The topological polar surface area (TPSA) is 93.7 Å². The van der Waals surface area contributed by atoms with Gasteiger partial charge in [-0.1, -0.05) is 25.0 Å². The Morgan fingerprint density at radius 1 is 1.05 bits per heavy atom. The second kappa shape index (κ2) is 10.0. The minimum absolute atomic E-state index is 0.151. The fraction of sp³-hybridized carbons (Fsp3) is 0.414. The van der Waals surface area contributed by atoms with Gasteiger partial charge in [-0.05, 0) is 93.7 Å². The number of ether oxygens (including phenoxy) is 1. The number of nitrogens with zero attached hydrogens (tertiary/aromatic N) is 4. The molecule has 2 aliphatic rings. The van der Waals surface area contributed by atoms with Gasteiger partial charge in [0.15, 0.2) is 5.69 Å². The average molecular weight is 502 g/mol. The fourth-order valence-electron chi connectivity index (χ4n) is 5.88. The van der Waals surface area contributed by atoms with Gasteiger partial charge in [0.2, 0.25) is 0 Å². The first-order valence-corrected chi connectivity index (χ1v) is 13.0. The van der Waals surface area contributed by atoms with E-state index in [-0.39, 0.29) is 17.0 Å². The van der Waals surface area contributed by atoms with E-state index in [0.29, 0.717) is 35.7 Å². The van der Waals surface area contributed by atoms with Crippen molar-refractivity contribution < 1.29 is 14.3 Å². The van der Waals surface area contributed by atoms with Gasteiger partial charge in [-0.25, -0.2) is 4.68 Å². The largest absolute Gasteiger partial charge is 0.497 e. The Balaban J connectivity index is 1.47. The van der Waals surface area contributed by atoms with Gasteiger partial charge in [0.05, 0.1) is 12.8 Å². The van der Waals surface area contributed by atoms with Crippen molar-refractivity contribution in [3.63, 3.8) is 0 Å². The van der Waals surface area contributed by atoms with Gasteiger partial charge < -0.3 is 20.3 Å². The average Bonchev–Trinajstić information content (AvgIpc) is 3.54. The number of benzene rings is 2. The third-order valence-corrected chi connectivity index (χ3v) is 7.96. The van der Waals surface area contributed by atoms with E-state index >= 15 is 0 Å². The van der Waals surface area contributed by atoms with Crippen molar-refractivity contribution in [1.82, 2.24) is 14.7 Å². The monoisotopic (exact) mass is 501 g/mol. The first-order chi connectivity index (χ1) is 17.8. The van der Waals surface area contributed by atoms with E-state index in [2.05, 4.69) is 48.4 Å². The minimum atomic E-state index is -0.631. The maximum atomic E-state index is 13.8. The molecule has 1 fully saturated rings. The summed E-state index contributed by atoms with van der Waals surface area (Å²) in [6.07, 6.45) is 6.60. The van der Waals surface area contributed by atoms with Crippen molar-refractivity contribution in [3.05, 3.63) is 71.0 Å². The molecule has 37 heavy (non-hydrogen) atoms. The molecule has 3 aromatic rings. The number of methoxy groups -OCH3 is 1. The molecule has 1 saturated carbocycles. The number of amides is 2. The second-order valence-corrected chi connectivity index (χ2v) is 10.4. The highest BCUT2D eigenvalue weighted by Gasteiger charge is 2.37. The van der Waals surface area contributed by atoms with Crippen LogP contribution in [-0.2, 0) is 11.8 Å². The molecule has 1 aromatic heterocycles. The van der Waals surface area contributed by atoms with E-state index in [4.69, 9.17) is 10.5 Å². The Hall–Kier alpha value is -3.65. The van der Waals surface area contributed by atoms with Crippen molar-refractivity contribution in [3.8, 4) is 11.4 Å². The van der Waals surface area contributed by atoms with Crippen LogP contribution in [0, 0.1) is 0 Å². The van der Waals surface area contributed by atoms with Crippen LogP contribution in [0.2, 0.25) is 0 Å². The predicted molar refractivity (Wildman–Crippen MR) is 144 cm³/mol. The molecule has 8 heteroatoms. The molecule has 194 valence electrons. The van der Waals surface area contributed by atoms with Crippen LogP contribution < -0.4 is 15.4 Å². The second-order valence-electron chi connectivity index (χ2n) is 10.4. The zero-order valence-corrected chi connectivity index (χ0v) is 21.9. The number of rotatable bonds is 8. The molecule has 8 nitrogen and oxygen atoms in total. The van der Waals surface area contributed by atoms with E-state index in [1.165, 1.54) is 35.9 Å². The van der Waals surface area contributed by atoms with Gasteiger partial charge in [0.1, 0.15) is 11.4 Å². The molecule has 0 bridgehead atoms. The van der Waals surface area contributed by atoms with Crippen molar-refractivity contribution >= 4 is 17.5 Å². The molecule has 2 aromatic carbocycles. The molecule has 1 aliphatic heterocycles. The summed E-state index contributed by atoms with van der Waals surface area (Å²) in [4.78, 5) is 30.0. The summed E-state index contributed by atoms with van der Waals surface area (Å²) in [6.45, 7) is 1.53. The maximum Gasteiger partial charge on any atom is 0.277 e. The van der Waals surface area contributed by atoms with Crippen LogP contribution >= 0.6 is 0 Å². The van der Waals surface area contributed by atoms with Crippen LogP contribution in [0.5, 0.6) is 5.75 Å². The summed E-state index contributed by atoms with van der Waals surface area (Å²) in [5.74, 6) is -0.125. The summed E-state index contributed by atoms with van der Waals surface area (Å²) in [5.41, 5.74) is 9.87. The van der Waals surface area contributed by atoms with E-state index in [9.17, 15) is 9.59 Å². The number of hydrogen-bond donors (Lipinski definition) is 1. The normalized spacial score (nSPS) is 16.8. The van der Waals surface area contributed by atoms with Crippen molar-refractivity contribution in [1.29, 1.82) is 0 Å². The van der Waals surface area contributed by atoms with Gasteiger partial charge in [-0.3, -0.25) is 9.59 Å². The number of carbonyl (C=O) groups excluding carboxylic acids is 2. The Labute approximate surface area is 218 Å². The van der Waals surface area contributed by atoms with Gasteiger partial charge in [-0.15, -0.1) is 0 Å². The van der Waals surface area contributed by atoms with E-state index in [1.54, 1.807) is 24.1 Å². The number of carbonyl (C=O) groups is 2. The van der Waals surface area contributed by atoms with Crippen LogP contribution in [0.3, 0.4) is 0 Å². The van der Waals surface area contributed by atoms with E-state index < -0.39 is 5.91 Å². The van der Waals surface area contributed by atoms with Gasteiger partial charge in [-0.2, -0.15) is 5.10 Å². The lowest BCUT2D eigenvalue weighted by Crippen LogP contribution is -2.39. The van der Waals surface area contributed by atoms with E-state index in [1.807, 2.05) is 12.1 Å². The van der Waals surface area contributed by atoms with Gasteiger partial charge >= 0.3 is 0 Å². The SMILES string of the molecule is COc1ccc(-n2nc(C(N)=O)c3c2C(=O)N(c2ccc(C4(CCN(C)C)CCCC4)cc2)CC3)cc1. The number of nitrogens with two attached hydrogens (primary N) is 1. The maximum absolute atomic E-state index is 13.8. The Kier molecular flexibility index (Phi) is 6.77. The Morgan fingerprint density at radius 2 is 1.70 bits per heavy atom. The molecule has 0 atom stereocenters. The molecule has 2 heterocycles. The number of hydrogen-bond acceptors (Lipinski definition) is 5. The van der Waals surface area contributed by atoms with Gasteiger partial charge in [0, 0.05) is 17.8 Å². The van der Waals surface area contributed by atoms with Crippen LogP contribution in [-0.4, -0.2) is 60.8 Å². The quantitative estimate of drug-likeness (QED) is 0.505. The zero-order chi connectivity index (χ0) is 26.2. The molecular formula is C29H35N5O3. The highest BCUT2D eigenvalue weighted by atomic mass is 16.5. The number of anilines is 1. The number of aromatic nitrogens is 2. The molecule has 2 N–H and O–H groups in total. The third-order valence-electron chi connectivity index (χ3n) is 7.96. The van der Waals surface area contributed by atoms with Gasteiger partial charge in [0.25, 0.3) is 11.8 Å².